The SMILES string of the molecule is N#C[C@H]1CCCC[C@@H]1NS(=O)(=O)c1ccc([N+](=O)[O-])cc1. The second kappa shape index (κ2) is 6.20. The van der Waals surface area contributed by atoms with E-state index >= 15 is 0 Å². The van der Waals surface area contributed by atoms with Crippen LogP contribution in [0.15, 0.2) is 29.2 Å². The Hall–Kier alpha value is -1.98. The van der Waals surface area contributed by atoms with E-state index in [1.165, 1.54) is 12.1 Å². The van der Waals surface area contributed by atoms with E-state index in [1.807, 2.05) is 0 Å². The lowest BCUT2D eigenvalue weighted by atomic mass is 9.86. The zero-order chi connectivity index (χ0) is 15.5. The third-order valence-corrected chi connectivity index (χ3v) is 5.10. The summed E-state index contributed by atoms with van der Waals surface area (Å²) in [4.78, 5) is 9.95. The van der Waals surface area contributed by atoms with E-state index in [9.17, 15) is 18.5 Å². The van der Waals surface area contributed by atoms with Crippen LogP contribution in [0.1, 0.15) is 25.7 Å². The van der Waals surface area contributed by atoms with E-state index in [4.69, 9.17) is 5.26 Å². The molecule has 0 saturated heterocycles. The number of hydrogen-bond acceptors (Lipinski definition) is 5. The first-order chi connectivity index (χ1) is 9.94. The summed E-state index contributed by atoms with van der Waals surface area (Å²) in [5.74, 6) is -0.327. The number of nitrogens with one attached hydrogen (secondary N) is 1. The van der Waals surface area contributed by atoms with E-state index in [-0.39, 0.29) is 16.5 Å². The Kier molecular flexibility index (Phi) is 4.55. The maximum absolute atomic E-state index is 12.3. The fourth-order valence-electron chi connectivity index (χ4n) is 2.44. The highest BCUT2D eigenvalue weighted by Crippen LogP contribution is 2.25. The Labute approximate surface area is 122 Å². The predicted molar refractivity (Wildman–Crippen MR) is 74.8 cm³/mol. The van der Waals surface area contributed by atoms with Gasteiger partial charge < -0.3 is 0 Å². The summed E-state index contributed by atoms with van der Waals surface area (Å²) < 4.78 is 27.0. The van der Waals surface area contributed by atoms with Gasteiger partial charge in [-0.2, -0.15) is 5.26 Å². The van der Waals surface area contributed by atoms with Crippen LogP contribution in [0.2, 0.25) is 0 Å². The van der Waals surface area contributed by atoms with E-state index < -0.39 is 21.0 Å². The first kappa shape index (κ1) is 15.4. The number of hydrogen-bond donors (Lipinski definition) is 1. The molecule has 112 valence electrons. The zero-order valence-electron chi connectivity index (χ0n) is 11.2. The normalized spacial score (nSPS) is 22.4. The Morgan fingerprint density at radius 1 is 1.24 bits per heavy atom. The molecule has 0 unspecified atom stereocenters. The number of nitrogens with zero attached hydrogens (tertiary/aromatic N) is 2. The summed E-state index contributed by atoms with van der Waals surface area (Å²) in [6.45, 7) is 0. The van der Waals surface area contributed by atoms with E-state index in [0.29, 0.717) is 12.8 Å². The van der Waals surface area contributed by atoms with Crippen LogP contribution in [0.3, 0.4) is 0 Å². The van der Waals surface area contributed by atoms with Gasteiger partial charge in [0.15, 0.2) is 0 Å². The first-order valence-electron chi connectivity index (χ1n) is 6.60. The smallest absolute Gasteiger partial charge is 0.258 e. The van der Waals surface area contributed by atoms with Crippen molar-refractivity contribution in [1.82, 2.24) is 4.72 Å². The molecule has 1 aromatic carbocycles. The van der Waals surface area contributed by atoms with Crippen molar-refractivity contribution < 1.29 is 13.3 Å². The molecule has 0 aliphatic heterocycles. The second-order valence-electron chi connectivity index (χ2n) is 5.00. The highest BCUT2D eigenvalue weighted by Gasteiger charge is 2.29. The minimum absolute atomic E-state index is 0.0321. The molecule has 0 spiro atoms. The summed E-state index contributed by atoms with van der Waals surface area (Å²) in [7, 11) is -3.77. The quantitative estimate of drug-likeness (QED) is 0.674. The van der Waals surface area contributed by atoms with E-state index in [0.717, 1.165) is 25.0 Å². The first-order valence-corrected chi connectivity index (χ1v) is 8.09. The molecule has 1 aliphatic rings. The third kappa shape index (κ3) is 3.56. The van der Waals surface area contributed by atoms with Crippen LogP contribution in [-0.2, 0) is 10.0 Å². The highest BCUT2D eigenvalue weighted by molar-refractivity contribution is 7.89. The molecule has 0 heterocycles. The molecule has 1 aliphatic carbocycles. The van der Waals surface area contributed by atoms with Crippen molar-refractivity contribution in [2.75, 3.05) is 0 Å². The summed E-state index contributed by atoms with van der Waals surface area (Å²) in [5, 5.41) is 19.6. The molecule has 7 nitrogen and oxygen atoms in total. The van der Waals surface area contributed by atoms with Gasteiger partial charge in [0.1, 0.15) is 0 Å². The van der Waals surface area contributed by atoms with Crippen LogP contribution in [0.5, 0.6) is 0 Å². The van der Waals surface area contributed by atoms with Gasteiger partial charge in [-0.05, 0) is 25.0 Å². The molecule has 0 bridgehead atoms. The van der Waals surface area contributed by atoms with Crippen molar-refractivity contribution in [1.29, 1.82) is 5.26 Å². The van der Waals surface area contributed by atoms with Gasteiger partial charge in [-0.25, -0.2) is 13.1 Å². The standard InChI is InChI=1S/C13H15N3O4S/c14-9-10-3-1-2-4-13(10)15-21(19,20)12-7-5-11(6-8-12)16(17)18/h5-8,10,13,15H,1-4H2/t10-,13+/m1/s1. The molecule has 2 atom stereocenters. The largest absolute Gasteiger partial charge is 0.269 e. The number of sulfonamides is 1. The van der Waals surface area contributed by atoms with Gasteiger partial charge in [-0.15, -0.1) is 0 Å². The number of rotatable bonds is 4. The van der Waals surface area contributed by atoms with Gasteiger partial charge in [0.2, 0.25) is 10.0 Å². The molecule has 21 heavy (non-hydrogen) atoms. The number of nitro benzene ring substituents is 1. The van der Waals surface area contributed by atoms with Crippen LogP contribution in [0.25, 0.3) is 0 Å². The van der Waals surface area contributed by atoms with Crippen LogP contribution in [0, 0.1) is 27.4 Å². The second-order valence-corrected chi connectivity index (χ2v) is 6.71. The topological polar surface area (TPSA) is 113 Å². The number of benzene rings is 1. The van der Waals surface area contributed by atoms with E-state index in [1.54, 1.807) is 0 Å². The Morgan fingerprint density at radius 3 is 2.43 bits per heavy atom. The number of nitro groups is 1. The molecule has 2 rings (SSSR count). The van der Waals surface area contributed by atoms with Gasteiger partial charge >= 0.3 is 0 Å². The molecular formula is C13H15N3O4S. The van der Waals surface area contributed by atoms with Crippen LogP contribution >= 0.6 is 0 Å². The summed E-state index contributed by atoms with van der Waals surface area (Å²) in [5.41, 5.74) is -0.165. The molecule has 0 aromatic heterocycles. The third-order valence-electron chi connectivity index (χ3n) is 3.60. The van der Waals surface area contributed by atoms with Crippen LogP contribution in [0.4, 0.5) is 5.69 Å². The van der Waals surface area contributed by atoms with Gasteiger partial charge in [-0.3, -0.25) is 10.1 Å². The summed E-state index contributed by atoms with van der Waals surface area (Å²) in [6, 6.07) is 6.43. The van der Waals surface area contributed by atoms with Crippen molar-refractivity contribution in [3.05, 3.63) is 34.4 Å². The van der Waals surface area contributed by atoms with Crippen molar-refractivity contribution in [3.63, 3.8) is 0 Å². The highest BCUT2D eigenvalue weighted by atomic mass is 32.2. The number of nitriles is 1. The molecule has 8 heteroatoms. The molecule has 0 amide bonds. The Bertz CT molecular complexity index is 664. The lowest BCUT2D eigenvalue weighted by molar-refractivity contribution is -0.384. The van der Waals surface area contributed by atoms with Gasteiger partial charge in [0, 0.05) is 18.2 Å². The monoisotopic (exact) mass is 309 g/mol. The number of non-ortho nitro benzene ring substituents is 1. The van der Waals surface area contributed by atoms with E-state index in [2.05, 4.69) is 10.8 Å². The van der Waals surface area contributed by atoms with Crippen molar-refractivity contribution >= 4 is 15.7 Å². The Balaban J connectivity index is 2.18. The van der Waals surface area contributed by atoms with Gasteiger partial charge in [0.05, 0.1) is 21.8 Å². The lowest BCUT2D eigenvalue weighted by Gasteiger charge is -2.27. The fraction of sp³-hybridized carbons (Fsp3) is 0.462. The molecular weight excluding hydrogens is 294 g/mol. The predicted octanol–water partition coefficient (Wildman–Crippen LogP) is 1.96. The van der Waals surface area contributed by atoms with Crippen molar-refractivity contribution in [3.8, 4) is 6.07 Å². The van der Waals surface area contributed by atoms with Crippen LogP contribution in [-0.4, -0.2) is 19.4 Å². The molecule has 1 saturated carbocycles. The van der Waals surface area contributed by atoms with Gasteiger partial charge in [-0.1, -0.05) is 12.8 Å². The summed E-state index contributed by atoms with van der Waals surface area (Å²) >= 11 is 0. The molecule has 0 radical (unpaired) electrons. The molecule has 1 N–H and O–H groups in total. The maximum atomic E-state index is 12.3. The Morgan fingerprint density at radius 2 is 1.86 bits per heavy atom. The van der Waals surface area contributed by atoms with Gasteiger partial charge in [0.25, 0.3) is 5.69 Å². The minimum Gasteiger partial charge on any atom is -0.258 e. The van der Waals surface area contributed by atoms with Crippen molar-refractivity contribution in [2.24, 2.45) is 5.92 Å². The molecule has 1 fully saturated rings. The fourth-order valence-corrected chi connectivity index (χ4v) is 3.75. The summed E-state index contributed by atoms with van der Waals surface area (Å²) in [6.07, 6.45) is 3.12. The van der Waals surface area contributed by atoms with Crippen LogP contribution < -0.4 is 4.72 Å². The minimum atomic E-state index is -3.77. The lowest BCUT2D eigenvalue weighted by Crippen LogP contribution is -2.41. The average molecular weight is 309 g/mol. The maximum Gasteiger partial charge on any atom is 0.269 e. The average Bonchev–Trinajstić information content (AvgIpc) is 2.47. The van der Waals surface area contributed by atoms with Crippen molar-refractivity contribution in [2.45, 2.75) is 36.6 Å². The zero-order valence-corrected chi connectivity index (χ0v) is 12.0. The molecule has 1 aromatic rings.